The van der Waals surface area contributed by atoms with Gasteiger partial charge in [-0.05, 0) is 55.8 Å². The molecule has 0 aliphatic heterocycles. The van der Waals surface area contributed by atoms with Crippen LogP contribution in [-0.4, -0.2) is 9.55 Å². The third-order valence-electron chi connectivity index (χ3n) is 5.67. The summed E-state index contributed by atoms with van der Waals surface area (Å²) in [5.74, 6) is 0. The third-order valence-corrected chi connectivity index (χ3v) is 6.29. The Bertz CT molecular complexity index is 1410. The van der Waals surface area contributed by atoms with Crippen molar-refractivity contribution < 1.29 is 12.4 Å². The number of pyridine rings is 1. The van der Waals surface area contributed by atoms with Crippen molar-refractivity contribution in [1.29, 1.82) is 0 Å². The Morgan fingerprint density at radius 2 is 1.44 bits per heavy atom. The SMILES string of the molecule is Cc1cc(-c2nc3ccccc3c(-c3ccccc3)c2Cl)c(C)n1-c1ccc(Cl)cc1.[Cl-]. The van der Waals surface area contributed by atoms with Gasteiger partial charge in [-0.3, -0.25) is 0 Å². The summed E-state index contributed by atoms with van der Waals surface area (Å²) in [6.45, 7) is 4.20. The van der Waals surface area contributed by atoms with Gasteiger partial charge in [0.15, 0.2) is 0 Å². The average Bonchev–Trinajstić information content (AvgIpc) is 3.08. The zero-order chi connectivity index (χ0) is 21.5. The number of hydrogen-bond donors (Lipinski definition) is 0. The summed E-state index contributed by atoms with van der Waals surface area (Å²) in [4.78, 5) is 4.99. The quantitative estimate of drug-likeness (QED) is 0.345. The molecule has 5 rings (SSSR count). The molecule has 0 N–H and O–H groups in total. The standard InChI is InChI=1S/C27H20Cl2N2.ClH/c1-17-16-23(18(2)31(17)21-14-12-20(28)13-15-21)27-26(29)25(19-8-4-3-5-9-19)22-10-6-7-11-24(22)30-27;/h3-16H,1-2H3;1H/p-1. The highest BCUT2D eigenvalue weighted by molar-refractivity contribution is 6.37. The van der Waals surface area contributed by atoms with Gasteiger partial charge in [-0.25, -0.2) is 4.98 Å². The fraction of sp³-hybridized carbons (Fsp3) is 0.0741. The Morgan fingerprint density at radius 3 is 2.16 bits per heavy atom. The largest absolute Gasteiger partial charge is 1.00 e. The van der Waals surface area contributed by atoms with Crippen LogP contribution in [-0.2, 0) is 0 Å². The van der Waals surface area contributed by atoms with E-state index in [9.17, 15) is 0 Å². The summed E-state index contributed by atoms with van der Waals surface area (Å²) in [5.41, 5.74) is 8.11. The van der Waals surface area contributed by atoms with E-state index >= 15 is 0 Å². The molecular weight excluding hydrogens is 459 g/mol. The number of rotatable bonds is 3. The maximum absolute atomic E-state index is 7.07. The van der Waals surface area contributed by atoms with Crippen LogP contribution < -0.4 is 12.4 Å². The number of para-hydroxylation sites is 1. The molecule has 0 atom stereocenters. The van der Waals surface area contributed by atoms with Gasteiger partial charge in [0.25, 0.3) is 0 Å². The van der Waals surface area contributed by atoms with Crippen molar-refractivity contribution in [3.05, 3.63) is 106 Å². The summed E-state index contributed by atoms with van der Waals surface area (Å²) >= 11 is 13.2. The lowest BCUT2D eigenvalue weighted by molar-refractivity contribution is -0.00000606. The molecule has 0 unspecified atom stereocenters. The minimum Gasteiger partial charge on any atom is -1.00 e. The van der Waals surface area contributed by atoms with Crippen molar-refractivity contribution in [2.24, 2.45) is 0 Å². The number of aryl methyl sites for hydroxylation is 1. The number of benzene rings is 3. The van der Waals surface area contributed by atoms with E-state index in [-0.39, 0.29) is 12.4 Å². The molecule has 0 aliphatic rings. The fourth-order valence-electron chi connectivity index (χ4n) is 4.24. The molecule has 2 heterocycles. The summed E-state index contributed by atoms with van der Waals surface area (Å²) in [7, 11) is 0. The molecule has 0 bridgehead atoms. The second kappa shape index (κ2) is 8.99. The lowest BCUT2D eigenvalue weighted by atomic mass is 9.98. The van der Waals surface area contributed by atoms with Gasteiger partial charge in [0.2, 0.25) is 0 Å². The van der Waals surface area contributed by atoms with Crippen molar-refractivity contribution in [1.82, 2.24) is 9.55 Å². The normalized spacial score (nSPS) is 10.9. The van der Waals surface area contributed by atoms with Gasteiger partial charge in [0.1, 0.15) is 0 Å². The molecule has 0 amide bonds. The predicted molar refractivity (Wildman–Crippen MR) is 131 cm³/mol. The molecule has 160 valence electrons. The molecule has 0 aliphatic carbocycles. The molecule has 3 aromatic carbocycles. The number of halogens is 3. The molecule has 0 spiro atoms. The molecule has 32 heavy (non-hydrogen) atoms. The number of nitrogens with zero attached hydrogens (tertiary/aromatic N) is 2. The Kier molecular flexibility index (Phi) is 6.30. The molecule has 5 heteroatoms. The maximum Gasteiger partial charge on any atom is 0.0920 e. The van der Waals surface area contributed by atoms with Gasteiger partial charge >= 0.3 is 0 Å². The number of aromatic nitrogens is 2. The Labute approximate surface area is 203 Å². The van der Waals surface area contributed by atoms with Gasteiger partial charge in [-0.2, -0.15) is 0 Å². The van der Waals surface area contributed by atoms with Crippen molar-refractivity contribution >= 4 is 34.1 Å². The van der Waals surface area contributed by atoms with Crippen LogP contribution in [0.1, 0.15) is 11.4 Å². The zero-order valence-electron chi connectivity index (χ0n) is 17.6. The molecule has 2 aromatic heterocycles. The number of fused-ring (bicyclic) bond motifs is 1. The maximum atomic E-state index is 7.07. The van der Waals surface area contributed by atoms with Gasteiger partial charge in [-0.15, -0.1) is 0 Å². The predicted octanol–water partition coefficient (Wildman–Crippen LogP) is 5.29. The van der Waals surface area contributed by atoms with Crippen molar-refractivity contribution in [2.75, 3.05) is 0 Å². The molecule has 0 saturated heterocycles. The summed E-state index contributed by atoms with van der Waals surface area (Å²) in [6, 6.07) is 28.4. The van der Waals surface area contributed by atoms with Crippen LogP contribution in [0.4, 0.5) is 0 Å². The van der Waals surface area contributed by atoms with E-state index in [1.807, 2.05) is 60.7 Å². The van der Waals surface area contributed by atoms with E-state index in [4.69, 9.17) is 28.2 Å². The molecule has 5 aromatic rings. The van der Waals surface area contributed by atoms with E-state index in [0.29, 0.717) is 5.02 Å². The highest BCUT2D eigenvalue weighted by atomic mass is 35.5. The summed E-state index contributed by atoms with van der Waals surface area (Å²) in [6.07, 6.45) is 0. The smallest absolute Gasteiger partial charge is 0.0920 e. The lowest BCUT2D eigenvalue weighted by Gasteiger charge is -2.14. The van der Waals surface area contributed by atoms with Gasteiger partial charge in [0, 0.05) is 38.6 Å². The van der Waals surface area contributed by atoms with Crippen LogP contribution >= 0.6 is 23.2 Å². The van der Waals surface area contributed by atoms with Gasteiger partial charge < -0.3 is 17.0 Å². The van der Waals surface area contributed by atoms with Crippen molar-refractivity contribution in [3.8, 4) is 28.1 Å². The Morgan fingerprint density at radius 1 is 0.781 bits per heavy atom. The molecule has 0 radical (unpaired) electrons. The second-order valence-corrected chi connectivity index (χ2v) is 8.44. The van der Waals surface area contributed by atoms with Crippen molar-refractivity contribution in [3.63, 3.8) is 0 Å². The first-order chi connectivity index (χ1) is 15.0. The Balaban J connectivity index is 0.00000245. The molecule has 2 nitrogen and oxygen atoms in total. The monoisotopic (exact) mass is 477 g/mol. The lowest BCUT2D eigenvalue weighted by Crippen LogP contribution is -3.00. The van der Waals surface area contributed by atoms with E-state index in [2.05, 4.69) is 42.7 Å². The van der Waals surface area contributed by atoms with Crippen LogP contribution in [0.5, 0.6) is 0 Å². The molecular formula is C27H20Cl3N2-. The zero-order valence-corrected chi connectivity index (χ0v) is 19.9. The highest BCUT2D eigenvalue weighted by Crippen LogP contribution is 2.42. The van der Waals surface area contributed by atoms with Crippen LogP contribution in [0.15, 0.2) is 84.9 Å². The van der Waals surface area contributed by atoms with Crippen LogP contribution in [0.3, 0.4) is 0 Å². The van der Waals surface area contributed by atoms with Crippen LogP contribution in [0.2, 0.25) is 10.0 Å². The summed E-state index contributed by atoms with van der Waals surface area (Å²) < 4.78 is 2.21. The van der Waals surface area contributed by atoms with Crippen LogP contribution in [0.25, 0.3) is 39.0 Å². The Hall–Kier alpha value is -2.78. The first-order valence-corrected chi connectivity index (χ1v) is 10.9. The van der Waals surface area contributed by atoms with E-state index in [0.717, 1.165) is 55.4 Å². The molecule has 0 fully saturated rings. The third kappa shape index (κ3) is 3.80. The first-order valence-electron chi connectivity index (χ1n) is 10.1. The number of hydrogen-bond acceptors (Lipinski definition) is 1. The minimum atomic E-state index is 0. The van der Waals surface area contributed by atoms with Crippen molar-refractivity contribution in [2.45, 2.75) is 13.8 Å². The minimum absolute atomic E-state index is 0. The van der Waals surface area contributed by atoms with E-state index in [1.165, 1.54) is 0 Å². The van der Waals surface area contributed by atoms with E-state index in [1.54, 1.807) is 0 Å². The summed E-state index contributed by atoms with van der Waals surface area (Å²) in [5, 5.41) is 2.44. The van der Waals surface area contributed by atoms with Gasteiger partial charge in [0.05, 0.1) is 16.2 Å². The van der Waals surface area contributed by atoms with E-state index < -0.39 is 0 Å². The highest BCUT2D eigenvalue weighted by Gasteiger charge is 2.20. The average molecular weight is 479 g/mol. The van der Waals surface area contributed by atoms with Gasteiger partial charge in [-0.1, -0.05) is 71.7 Å². The topological polar surface area (TPSA) is 17.8 Å². The fourth-order valence-corrected chi connectivity index (χ4v) is 4.73. The molecule has 0 saturated carbocycles. The first kappa shape index (κ1) is 22.4. The second-order valence-electron chi connectivity index (χ2n) is 7.63. The van der Waals surface area contributed by atoms with Crippen LogP contribution in [0, 0.1) is 13.8 Å².